The van der Waals surface area contributed by atoms with Crippen LogP contribution < -0.4 is 16.0 Å². The molecule has 2 amide bonds. The minimum atomic E-state index is -0.352. The van der Waals surface area contributed by atoms with Crippen LogP contribution in [0, 0.1) is 6.92 Å². The number of fused-ring (bicyclic) bond motifs is 1. The molecule has 0 saturated heterocycles. The first kappa shape index (κ1) is 24.4. The summed E-state index contributed by atoms with van der Waals surface area (Å²) in [5.41, 5.74) is 1.97. The largest absolute Gasteiger partial charge is 0.360 e. The maximum atomic E-state index is 12.7. The summed E-state index contributed by atoms with van der Waals surface area (Å²) < 4.78 is 0. The van der Waals surface area contributed by atoms with E-state index < -0.39 is 0 Å². The first-order valence-corrected chi connectivity index (χ1v) is 12.5. The van der Waals surface area contributed by atoms with Gasteiger partial charge in [-0.2, -0.15) is 0 Å². The Morgan fingerprint density at radius 3 is 2.57 bits per heavy atom. The van der Waals surface area contributed by atoms with Gasteiger partial charge in [0.25, 0.3) is 5.91 Å². The Bertz CT molecular complexity index is 1590. The molecule has 5 rings (SSSR count). The van der Waals surface area contributed by atoms with Crippen LogP contribution in [-0.4, -0.2) is 33.3 Å². The van der Waals surface area contributed by atoms with Crippen molar-refractivity contribution in [1.29, 1.82) is 0 Å². The molecule has 5 aromatic rings. The number of aromatic nitrogens is 3. The average Bonchev–Trinajstić information content (AvgIpc) is 3.33. The first-order chi connectivity index (χ1) is 17.9. The Hall–Kier alpha value is -4.34. The van der Waals surface area contributed by atoms with E-state index in [1.165, 1.54) is 6.20 Å². The van der Waals surface area contributed by atoms with E-state index in [9.17, 15) is 9.59 Å². The molecular weight excluding hydrogens is 508 g/mol. The van der Waals surface area contributed by atoms with E-state index in [2.05, 4.69) is 30.9 Å². The van der Waals surface area contributed by atoms with Crippen LogP contribution in [0.1, 0.15) is 16.2 Å². The number of aryl methyl sites for hydroxylation is 1. The van der Waals surface area contributed by atoms with Crippen molar-refractivity contribution < 1.29 is 9.59 Å². The van der Waals surface area contributed by atoms with Gasteiger partial charge in [0, 0.05) is 22.3 Å². The summed E-state index contributed by atoms with van der Waals surface area (Å²) in [5, 5.41) is 9.99. The van der Waals surface area contributed by atoms with E-state index in [1.54, 1.807) is 47.7 Å². The van der Waals surface area contributed by atoms with E-state index in [-0.39, 0.29) is 18.4 Å². The van der Waals surface area contributed by atoms with Crippen molar-refractivity contribution >= 4 is 62.3 Å². The van der Waals surface area contributed by atoms with E-state index in [0.29, 0.717) is 33.7 Å². The fourth-order valence-corrected chi connectivity index (χ4v) is 4.85. The second-order valence-corrected chi connectivity index (χ2v) is 9.58. The van der Waals surface area contributed by atoms with Crippen molar-refractivity contribution in [3.8, 4) is 10.4 Å². The molecule has 8 nitrogen and oxygen atoms in total. The maximum absolute atomic E-state index is 12.7. The van der Waals surface area contributed by atoms with Crippen molar-refractivity contribution in [1.82, 2.24) is 15.0 Å². The van der Waals surface area contributed by atoms with Gasteiger partial charge in [-0.1, -0.05) is 48.0 Å². The van der Waals surface area contributed by atoms with Crippen LogP contribution in [0.15, 0.2) is 79.0 Å². The van der Waals surface area contributed by atoms with Crippen LogP contribution in [0.25, 0.3) is 20.7 Å². The van der Waals surface area contributed by atoms with Gasteiger partial charge >= 0.3 is 0 Å². The number of hydrogen-bond donors (Lipinski definition) is 3. The number of rotatable bonds is 7. The molecule has 0 aliphatic rings. The second-order valence-electron chi connectivity index (χ2n) is 8.11. The Balaban J connectivity index is 1.25. The number of pyridine rings is 1. The van der Waals surface area contributed by atoms with Gasteiger partial charge in [0.1, 0.15) is 22.3 Å². The number of amides is 2. The number of hydrogen-bond acceptors (Lipinski definition) is 7. The highest BCUT2D eigenvalue weighted by molar-refractivity contribution is 7.21. The zero-order valence-electron chi connectivity index (χ0n) is 19.7. The second kappa shape index (κ2) is 10.7. The smallest absolute Gasteiger partial charge is 0.256 e. The van der Waals surface area contributed by atoms with Crippen molar-refractivity contribution in [2.75, 3.05) is 22.5 Å². The molecule has 0 unspecified atom stereocenters. The summed E-state index contributed by atoms with van der Waals surface area (Å²) in [6.07, 6.45) is 1.45. The van der Waals surface area contributed by atoms with Crippen molar-refractivity contribution in [3.63, 3.8) is 0 Å². The summed E-state index contributed by atoms with van der Waals surface area (Å²) in [6, 6.07) is 22.0. The number of nitrogens with one attached hydrogen (secondary N) is 3. The molecular formula is C27H21ClN6O2S. The van der Waals surface area contributed by atoms with Crippen LogP contribution in [0.3, 0.4) is 0 Å². The Morgan fingerprint density at radius 1 is 0.946 bits per heavy atom. The highest BCUT2D eigenvalue weighted by Gasteiger charge is 2.13. The minimum absolute atomic E-state index is 0.00676. The van der Waals surface area contributed by atoms with Gasteiger partial charge in [0.2, 0.25) is 5.91 Å². The molecule has 0 fully saturated rings. The molecule has 0 atom stereocenters. The van der Waals surface area contributed by atoms with Crippen LogP contribution in [-0.2, 0) is 4.79 Å². The van der Waals surface area contributed by atoms with Gasteiger partial charge in [0.15, 0.2) is 0 Å². The zero-order valence-corrected chi connectivity index (χ0v) is 21.2. The molecule has 10 heteroatoms. The van der Waals surface area contributed by atoms with Crippen LogP contribution in [0.2, 0.25) is 5.02 Å². The third-order valence-corrected chi connectivity index (χ3v) is 6.66. The standard InChI is InChI=1S/C27H21ClN6O2S/c1-16-31-25(21-13-22(37-27(21)32-16)17-6-3-2-4-7-17)30-15-24(35)33-20-9-5-8-18(12-20)26(36)34-23-11-10-19(28)14-29-23/h2-14H,15H2,1H3,(H,33,35)(H,29,34,36)(H,30,31,32). The summed E-state index contributed by atoms with van der Waals surface area (Å²) in [5.74, 6) is 0.961. The number of benzene rings is 2. The molecule has 184 valence electrons. The molecule has 3 heterocycles. The lowest BCUT2D eigenvalue weighted by atomic mass is 10.2. The molecule has 0 saturated carbocycles. The molecule has 0 aliphatic heterocycles. The zero-order chi connectivity index (χ0) is 25.8. The molecule has 37 heavy (non-hydrogen) atoms. The topological polar surface area (TPSA) is 109 Å². The van der Waals surface area contributed by atoms with Crippen molar-refractivity contribution in [2.45, 2.75) is 6.92 Å². The lowest BCUT2D eigenvalue weighted by Crippen LogP contribution is -2.22. The maximum Gasteiger partial charge on any atom is 0.256 e. The van der Waals surface area contributed by atoms with Gasteiger partial charge in [-0.25, -0.2) is 15.0 Å². The Kier molecular flexibility index (Phi) is 7.07. The molecule has 0 bridgehead atoms. The average molecular weight is 529 g/mol. The van der Waals surface area contributed by atoms with Crippen LogP contribution >= 0.6 is 22.9 Å². The molecule has 0 spiro atoms. The number of carbonyl (C=O) groups excluding carboxylic acids is 2. The minimum Gasteiger partial charge on any atom is -0.360 e. The van der Waals surface area contributed by atoms with Gasteiger partial charge in [-0.3, -0.25) is 9.59 Å². The predicted molar refractivity (Wildman–Crippen MR) is 148 cm³/mol. The summed E-state index contributed by atoms with van der Waals surface area (Å²) >= 11 is 7.42. The monoisotopic (exact) mass is 528 g/mol. The fraction of sp³-hybridized carbons (Fsp3) is 0.0741. The molecule has 3 aromatic heterocycles. The van der Waals surface area contributed by atoms with E-state index in [0.717, 1.165) is 20.7 Å². The number of thiophene rings is 1. The van der Waals surface area contributed by atoms with Crippen LogP contribution in [0.5, 0.6) is 0 Å². The highest BCUT2D eigenvalue weighted by Crippen LogP contribution is 2.35. The van der Waals surface area contributed by atoms with Crippen molar-refractivity contribution in [3.05, 3.63) is 95.4 Å². The van der Waals surface area contributed by atoms with E-state index in [1.807, 2.05) is 43.3 Å². The molecule has 2 aromatic carbocycles. The van der Waals surface area contributed by atoms with Gasteiger partial charge in [0.05, 0.1) is 17.0 Å². The summed E-state index contributed by atoms with van der Waals surface area (Å²) in [6.45, 7) is 1.82. The van der Waals surface area contributed by atoms with Crippen molar-refractivity contribution in [2.24, 2.45) is 0 Å². The summed E-state index contributed by atoms with van der Waals surface area (Å²) in [4.78, 5) is 40.3. The lowest BCUT2D eigenvalue weighted by Gasteiger charge is -2.10. The Labute approximate surface area is 221 Å². The number of nitrogens with zero attached hydrogens (tertiary/aromatic N) is 3. The number of anilines is 3. The van der Waals surface area contributed by atoms with E-state index in [4.69, 9.17) is 11.6 Å². The van der Waals surface area contributed by atoms with E-state index >= 15 is 0 Å². The quantitative estimate of drug-likeness (QED) is 0.238. The fourth-order valence-electron chi connectivity index (χ4n) is 3.65. The number of carbonyl (C=O) groups is 2. The predicted octanol–water partition coefficient (Wildman–Crippen LogP) is 6.02. The SMILES string of the molecule is Cc1nc(NCC(=O)Nc2cccc(C(=O)Nc3ccc(Cl)cn3)c2)c2cc(-c3ccccc3)sc2n1. The van der Waals surface area contributed by atoms with Gasteiger partial charge in [-0.15, -0.1) is 11.3 Å². The lowest BCUT2D eigenvalue weighted by molar-refractivity contribution is -0.114. The summed E-state index contributed by atoms with van der Waals surface area (Å²) in [7, 11) is 0. The highest BCUT2D eigenvalue weighted by atomic mass is 35.5. The van der Waals surface area contributed by atoms with Gasteiger partial charge in [-0.05, 0) is 48.9 Å². The first-order valence-electron chi connectivity index (χ1n) is 11.3. The molecule has 3 N–H and O–H groups in total. The molecule has 0 radical (unpaired) electrons. The number of halogens is 1. The Morgan fingerprint density at radius 2 is 1.78 bits per heavy atom. The third kappa shape index (κ3) is 5.91. The normalized spacial score (nSPS) is 10.8. The molecule has 0 aliphatic carbocycles. The third-order valence-electron chi connectivity index (χ3n) is 5.36. The van der Waals surface area contributed by atoms with Gasteiger partial charge < -0.3 is 16.0 Å². The van der Waals surface area contributed by atoms with Crippen LogP contribution in [0.4, 0.5) is 17.3 Å².